The summed E-state index contributed by atoms with van der Waals surface area (Å²) < 4.78 is -1.50. The van der Waals surface area contributed by atoms with Gasteiger partial charge in [0.05, 0.1) is 0 Å². The van der Waals surface area contributed by atoms with Crippen LogP contribution in [0.3, 0.4) is 0 Å². The van der Waals surface area contributed by atoms with E-state index in [9.17, 15) is 0 Å². The molecule has 0 amide bonds. The second-order valence-corrected chi connectivity index (χ2v) is 8.27. The highest BCUT2D eigenvalue weighted by Crippen LogP contribution is 2.04. The van der Waals surface area contributed by atoms with Crippen LogP contribution in [0.15, 0.2) is 0 Å². The molecular weight excluding hydrogens is 389 g/mol. The number of aliphatic hydroxyl groups is 2. The molecule has 0 heterocycles. The van der Waals surface area contributed by atoms with Crippen molar-refractivity contribution in [2.45, 2.75) is 49.1 Å². The summed E-state index contributed by atoms with van der Waals surface area (Å²) in [7, 11) is 0. The molecule has 0 bridgehead atoms. The summed E-state index contributed by atoms with van der Waals surface area (Å²) in [5.41, 5.74) is 0. The van der Waals surface area contributed by atoms with E-state index in [4.69, 9.17) is 79.8 Å². The van der Waals surface area contributed by atoms with Gasteiger partial charge in [0, 0.05) is 13.2 Å². The molecule has 0 spiro atoms. The molecule has 20 heavy (non-hydrogen) atoms. The number of halogens is 6. The summed E-state index contributed by atoms with van der Waals surface area (Å²) in [5, 5.41) is 16.5. The van der Waals surface area contributed by atoms with Crippen LogP contribution in [0.25, 0.3) is 0 Å². The van der Waals surface area contributed by atoms with Gasteiger partial charge in [-0.1, -0.05) is 97.3 Å². The summed E-state index contributed by atoms with van der Waals surface area (Å²) >= 11 is 28.8. The van der Waals surface area contributed by atoms with Crippen molar-refractivity contribution in [3.05, 3.63) is 0 Å². The van der Waals surface area contributed by atoms with Crippen LogP contribution in [0.1, 0.15) is 40.5 Å². The molecule has 0 aliphatic rings. The summed E-state index contributed by atoms with van der Waals surface area (Å²) in [6.45, 7) is 9.04. The van der Waals surface area contributed by atoms with E-state index in [1.807, 2.05) is 0 Å². The van der Waals surface area contributed by atoms with E-state index >= 15 is 0 Å². The van der Waals surface area contributed by atoms with Crippen molar-refractivity contribution in [2.24, 2.45) is 11.8 Å². The molecule has 8 heteroatoms. The Labute approximate surface area is 153 Å². The molecule has 0 aromatic carbocycles. The van der Waals surface area contributed by atoms with Gasteiger partial charge in [-0.05, 0) is 24.7 Å². The number of alkyl halides is 6. The molecule has 0 rings (SSSR count). The normalized spacial score (nSPS) is 9.60. The molecule has 0 aromatic rings. The van der Waals surface area contributed by atoms with Gasteiger partial charge in [-0.3, -0.25) is 0 Å². The third kappa shape index (κ3) is 117. The van der Waals surface area contributed by atoms with E-state index in [2.05, 4.69) is 27.7 Å². The Kier molecular flexibility index (Phi) is 38.0. The molecule has 0 saturated heterocycles. The van der Waals surface area contributed by atoms with Gasteiger partial charge < -0.3 is 10.2 Å². The quantitative estimate of drug-likeness (QED) is 0.552. The first-order chi connectivity index (χ1) is 9.00. The van der Waals surface area contributed by atoms with E-state index < -0.39 is 8.59 Å². The second-order valence-electron chi connectivity index (χ2n) is 4.31. The SMILES string of the molecule is CC(C)CCO.CC(C)CCO.ClC(Cl)Cl.ClC(Cl)Cl. The van der Waals surface area contributed by atoms with Gasteiger partial charge in [0.2, 0.25) is 0 Å². The number of hydrogen-bond donors (Lipinski definition) is 2. The van der Waals surface area contributed by atoms with Crippen LogP contribution in [0.5, 0.6) is 0 Å². The van der Waals surface area contributed by atoms with Crippen LogP contribution in [0.4, 0.5) is 0 Å². The van der Waals surface area contributed by atoms with Crippen LogP contribution in [-0.4, -0.2) is 32.0 Å². The molecule has 0 radical (unpaired) electrons. The third-order valence-electron chi connectivity index (χ3n) is 1.41. The van der Waals surface area contributed by atoms with Gasteiger partial charge in [0.1, 0.15) is 0 Å². The molecule has 2 N–H and O–H groups in total. The van der Waals surface area contributed by atoms with Crippen molar-refractivity contribution < 1.29 is 10.2 Å². The Balaban J connectivity index is -0.0000000871. The lowest BCUT2D eigenvalue weighted by atomic mass is 10.2. The largest absolute Gasteiger partial charge is 0.396 e. The maximum absolute atomic E-state index is 8.24. The fourth-order valence-corrected chi connectivity index (χ4v) is 0.516. The van der Waals surface area contributed by atoms with Crippen LogP contribution in [0, 0.1) is 11.8 Å². The van der Waals surface area contributed by atoms with E-state index in [1.165, 1.54) is 0 Å². The average Bonchev–Trinajstić information content (AvgIpc) is 2.15. The van der Waals surface area contributed by atoms with E-state index in [0.29, 0.717) is 25.0 Å². The first-order valence-corrected chi connectivity index (χ1v) is 8.69. The molecule has 2 nitrogen and oxygen atoms in total. The van der Waals surface area contributed by atoms with E-state index in [1.54, 1.807) is 0 Å². The molecule has 128 valence electrons. The smallest absolute Gasteiger partial charge is 0.180 e. The Bertz CT molecular complexity index is 124. The molecule has 0 aliphatic heterocycles. The van der Waals surface area contributed by atoms with Crippen molar-refractivity contribution in [1.29, 1.82) is 0 Å². The maximum Gasteiger partial charge on any atom is 0.180 e. The highest BCUT2D eigenvalue weighted by molar-refractivity contribution is 6.63. The molecule has 0 unspecified atom stereocenters. The van der Waals surface area contributed by atoms with Crippen LogP contribution < -0.4 is 0 Å². The first-order valence-electron chi connectivity index (χ1n) is 6.07. The lowest BCUT2D eigenvalue weighted by Crippen LogP contribution is -1.89. The standard InChI is InChI=1S/2C5H12O.2CHCl3/c2*1-5(2)3-4-6;2*2-1(3)4/h2*5-6H,3-4H2,1-2H3;2*1H. The van der Waals surface area contributed by atoms with Gasteiger partial charge in [0.15, 0.2) is 8.59 Å². The van der Waals surface area contributed by atoms with Crippen LogP contribution in [-0.2, 0) is 0 Å². The van der Waals surface area contributed by atoms with Gasteiger partial charge in [-0.2, -0.15) is 0 Å². The predicted octanol–water partition coefficient (Wildman–Crippen LogP) is 6.02. The Morgan fingerprint density at radius 1 is 0.600 bits per heavy atom. The lowest BCUT2D eigenvalue weighted by Gasteiger charge is -1.95. The Morgan fingerprint density at radius 2 is 0.750 bits per heavy atom. The monoisotopic (exact) mass is 412 g/mol. The van der Waals surface area contributed by atoms with Gasteiger partial charge in [0.25, 0.3) is 0 Å². The highest BCUT2D eigenvalue weighted by Gasteiger charge is 1.87. The Morgan fingerprint density at radius 3 is 0.750 bits per heavy atom. The minimum Gasteiger partial charge on any atom is -0.396 e. The summed E-state index contributed by atoms with van der Waals surface area (Å²) in [5.74, 6) is 1.30. The lowest BCUT2D eigenvalue weighted by molar-refractivity contribution is 0.267. The third-order valence-corrected chi connectivity index (χ3v) is 1.41. The zero-order valence-electron chi connectivity index (χ0n) is 12.3. The van der Waals surface area contributed by atoms with Gasteiger partial charge in [-0.15, -0.1) is 0 Å². The van der Waals surface area contributed by atoms with Crippen molar-refractivity contribution in [1.82, 2.24) is 0 Å². The Hall–Kier alpha value is 1.66. The average molecular weight is 415 g/mol. The van der Waals surface area contributed by atoms with Gasteiger partial charge >= 0.3 is 0 Å². The minimum absolute atomic E-state index is 0.331. The van der Waals surface area contributed by atoms with Crippen molar-refractivity contribution in [2.75, 3.05) is 13.2 Å². The summed E-state index contributed by atoms with van der Waals surface area (Å²) in [4.78, 5) is 0. The fourth-order valence-electron chi connectivity index (χ4n) is 0.516. The number of hydrogen-bond acceptors (Lipinski definition) is 2. The maximum atomic E-state index is 8.24. The fraction of sp³-hybridized carbons (Fsp3) is 1.00. The van der Waals surface area contributed by atoms with E-state index in [-0.39, 0.29) is 0 Å². The summed E-state index contributed by atoms with van der Waals surface area (Å²) in [6, 6.07) is 0. The number of aliphatic hydroxyl groups excluding tert-OH is 2. The van der Waals surface area contributed by atoms with Crippen molar-refractivity contribution >= 4 is 69.6 Å². The topological polar surface area (TPSA) is 40.5 Å². The molecule has 0 fully saturated rings. The van der Waals surface area contributed by atoms with Crippen molar-refractivity contribution in [3.8, 4) is 0 Å². The van der Waals surface area contributed by atoms with Crippen LogP contribution >= 0.6 is 69.6 Å². The minimum atomic E-state index is -0.750. The molecule has 0 atom stereocenters. The zero-order valence-corrected chi connectivity index (χ0v) is 16.8. The predicted molar refractivity (Wildman–Crippen MR) is 95.8 cm³/mol. The zero-order chi connectivity index (χ0) is 17.1. The van der Waals surface area contributed by atoms with Crippen LogP contribution in [0.2, 0.25) is 0 Å². The molecular formula is C12H26Cl6O2. The second kappa shape index (κ2) is 25.6. The summed E-state index contributed by atoms with van der Waals surface area (Å²) in [6.07, 6.45) is 1.86. The highest BCUT2D eigenvalue weighted by atomic mass is 35.6. The molecule has 0 saturated carbocycles. The number of rotatable bonds is 4. The van der Waals surface area contributed by atoms with E-state index in [0.717, 1.165) is 12.8 Å². The first kappa shape index (κ1) is 29.6. The van der Waals surface area contributed by atoms with Gasteiger partial charge in [-0.25, -0.2) is 0 Å². The van der Waals surface area contributed by atoms with Crippen molar-refractivity contribution in [3.63, 3.8) is 0 Å². The molecule has 0 aliphatic carbocycles. The molecule has 0 aromatic heterocycles.